The van der Waals surface area contributed by atoms with Gasteiger partial charge < -0.3 is 10.6 Å². The molecule has 1 heterocycles. The number of hydrogen-bond donors (Lipinski definition) is 2. The van der Waals surface area contributed by atoms with Gasteiger partial charge >= 0.3 is 0 Å². The van der Waals surface area contributed by atoms with Gasteiger partial charge in [-0.25, -0.2) is 0 Å². The van der Waals surface area contributed by atoms with E-state index >= 15 is 0 Å². The number of benzene rings is 1. The zero-order chi connectivity index (χ0) is 14.6. The van der Waals surface area contributed by atoms with Crippen LogP contribution in [0.4, 0.5) is 0 Å². The quantitative estimate of drug-likeness (QED) is 0.866. The van der Waals surface area contributed by atoms with Crippen LogP contribution in [0.25, 0.3) is 0 Å². The van der Waals surface area contributed by atoms with Crippen LogP contribution in [-0.4, -0.2) is 24.5 Å². The summed E-state index contributed by atoms with van der Waals surface area (Å²) < 4.78 is 0. The summed E-state index contributed by atoms with van der Waals surface area (Å²) in [6.07, 6.45) is 3.00. The number of carbonyl (C=O) groups excluding carboxylic acids is 1. The fraction of sp³-hybridized carbons (Fsp3) is 0.588. The fourth-order valence-electron chi connectivity index (χ4n) is 3.08. The Bertz CT molecular complexity index is 436. The summed E-state index contributed by atoms with van der Waals surface area (Å²) >= 11 is 0. The maximum absolute atomic E-state index is 12.1. The lowest BCUT2D eigenvalue weighted by Crippen LogP contribution is -2.45. The van der Waals surface area contributed by atoms with Crippen LogP contribution in [-0.2, 0) is 10.2 Å². The Hall–Kier alpha value is -1.35. The molecule has 20 heavy (non-hydrogen) atoms. The number of amides is 1. The summed E-state index contributed by atoms with van der Waals surface area (Å²) in [6, 6.07) is 10.7. The van der Waals surface area contributed by atoms with E-state index < -0.39 is 0 Å². The first kappa shape index (κ1) is 15.0. The highest BCUT2D eigenvalue weighted by Gasteiger charge is 2.27. The van der Waals surface area contributed by atoms with Crippen molar-refractivity contribution in [2.45, 2.75) is 57.5 Å². The highest BCUT2D eigenvalue weighted by atomic mass is 16.2. The van der Waals surface area contributed by atoms with Gasteiger partial charge in [0.1, 0.15) is 0 Å². The topological polar surface area (TPSA) is 41.1 Å². The van der Waals surface area contributed by atoms with Gasteiger partial charge in [-0.15, -0.1) is 0 Å². The summed E-state index contributed by atoms with van der Waals surface area (Å²) in [5.74, 6) is 0.152. The summed E-state index contributed by atoms with van der Waals surface area (Å²) in [7, 11) is 0. The highest BCUT2D eigenvalue weighted by molar-refractivity contribution is 5.82. The van der Waals surface area contributed by atoms with E-state index in [1.165, 1.54) is 5.56 Å². The molecule has 1 aliphatic rings. The van der Waals surface area contributed by atoms with E-state index in [0.29, 0.717) is 0 Å². The summed E-state index contributed by atoms with van der Waals surface area (Å²) in [5, 5.41) is 6.39. The average molecular weight is 274 g/mol. The minimum absolute atomic E-state index is 0.0114. The van der Waals surface area contributed by atoms with E-state index in [4.69, 9.17) is 0 Å². The molecule has 1 saturated heterocycles. The van der Waals surface area contributed by atoms with Crippen molar-refractivity contribution in [2.75, 3.05) is 6.54 Å². The zero-order valence-electron chi connectivity index (χ0n) is 12.8. The van der Waals surface area contributed by atoms with Gasteiger partial charge in [-0.1, -0.05) is 44.2 Å². The summed E-state index contributed by atoms with van der Waals surface area (Å²) in [6.45, 7) is 7.52. The molecule has 1 amide bonds. The van der Waals surface area contributed by atoms with Gasteiger partial charge in [0.2, 0.25) is 5.91 Å². The third kappa shape index (κ3) is 3.83. The maximum atomic E-state index is 12.1. The maximum Gasteiger partial charge on any atom is 0.237 e. The zero-order valence-corrected chi connectivity index (χ0v) is 12.8. The molecule has 1 aromatic rings. The molecule has 1 aromatic carbocycles. The lowest BCUT2D eigenvalue weighted by atomic mass is 9.79. The van der Waals surface area contributed by atoms with Crippen molar-refractivity contribution in [3.63, 3.8) is 0 Å². The molecule has 0 saturated carbocycles. The molecule has 2 rings (SSSR count). The first-order valence-corrected chi connectivity index (χ1v) is 7.58. The van der Waals surface area contributed by atoms with Crippen LogP contribution in [0.1, 0.15) is 45.6 Å². The molecule has 3 heteroatoms. The Labute approximate surface area is 122 Å². The number of nitrogens with one attached hydrogen (secondary N) is 2. The van der Waals surface area contributed by atoms with Gasteiger partial charge in [0, 0.05) is 6.04 Å². The van der Waals surface area contributed by atoms with Crippen molar-refractivity contribution >= 4 is 5.91 Å². The molecule has 0 radical (unpaired) electrons. The molecule has 0 bridgehead atoms. The van der Waals surface area contributed by atoms with E-state index in [0.717, 1.165) is 25.8 Å². The second-order valence-electron chi connectivity index (χ2n) is 6.51. The first-order chi connectivity index (χ1) is 9.49. The van der Waals surface area contributed by atoms with E-state index in [9.17, 15) is 4.79 Å². The van der Waals surface area contributed by atoms with Crippen LogP contribution in [0, 0.1) is 0 Å². The molecule has 3 nitrogen and oxygen atoms in total. The Morgan fingerprint density at radius 2 is 2.10 bits per heavy atom. The van der Waals surface area contributed by atoms with Crippen LogP contribution < -0.4 is 10.6 Å². The van der Waals surface area contributed by atoms with Gasteiger partial charge in [-0.3, -0.25) is 4.79 Å². The highest BCUT2D eigenvalue weighted by Crippen LogP contribution is 2.28. The first-order valence-electron chi connectivity index (χ1n) is 7.58. The minimum atomic E-state index is 0.0114. The Morgan fingerprint density at radius 1 is 1.40 bits per heavy atom. The molecule has 110 valence electrons. The smallest absolute Gasteiger partial charge is 0.237 e. The number of rotatable bonds is 5. The molecule has 0 aromatic heterocycles. The molecule has 1 fully saturated rings. The van der Waals surface area contributed by atoms with Crippen molar-refractivity contribution in [2.24, 2.45) is 0 Å². The normalized spacial score (nSPS) is 20.6. The van der Waals surface area contributed by atoms with E-state index in [1.54, 1.807) is 0 Å². The third-order valence-electron chi connectivity index (χ3n) is 4.14. The minimum Gasteiger partial charge on any atom is -0.352 e. The van der Waals surface area contributed by atoms with Crippen molar-refractivity contribution in [1.29, 1.82) is 0 Å². The molecule has 1 aliphatic heterocycles. The second-order valence-corrected chi connectivity index (χ2v) is 6.51. The van der Waals surface area contributed by atoms with Gasteiger partial charge in [0.15, 0.2) is 0 Å². The number of hydrogen-bond acceptors (Lipinski definition) is 2. The fourth-order valence-corrected chi connectivity index (χ4v) is 3.08. The SMILES string of the molecule is CC(CC(C)(C)c1ccccc1)NC(=O)C1CCCN1. The summed E-state index contributed by atoms with van der Waals surface area (Å²) in [4.78, 5) is 12.1. The lowest BCUT2D eigenvalue weighted by molar-refractivity contribution is -0.123. The predicted molar refractivity (Wildman–Crippen MR) is 82.7 cm³/mol. The van der Waals surface area contributed by atoms with E-state index in [-0.39, 0.29) is 23.4 Å². The number of carbonyl (C=O) groups is 1. The largest absolute Gasteiger partial charge is 0.352 e. The van der Waals surface area contributed by atoms with Crippen molar-refractivity contribution in [3.05, 3.63) is 35.9 Å². The van der Waals surface area contributed by atoms with Crippen molar-refractivity contribution in [3.8, 4) is 0 Å². The lowest BCUT2D eigenvalue weighted by Gasteiger charge is -2.29. The molecule has 0 aliphatic carbocycles. The van der Waals surface area contributed by atoms with Gasteiger partial charge in [-0.05, 0) is 43.7 Å². The Morgan fingerprint density at radius 3 is 2.70 bits per heavy atom. The average Bonchev–Trinajstić information content (AvgIpc) is 2.93. The molecule has 2 atom stereocenters. The Balaban J connectivity index is 1.90. The third-order valence-corrected chi connectivity index (χ3v) is 4.14. The molecular weight excluding hydrogens is 248 g/mol. The van der Waals surface area contributed by atoms with E-state index in [1.807, 2.05) is 6.07 Å². The van der Waals surface area contributed by atoms with Crippen LogP contribution in [0.15, 0.2) is 30.3 Å². The van der Waals surface area contributed by atoms with E-state index in [2.05, 4.69) is 55.7 Å². The second kappa shape index (κ2) is 6.40. The monoisotopic (exact) mass is 274 g/mol. The molecular formula is C17H26N2O. The molecule has 2 N–H and O–H groups in total. The summed E-state index contributed by atoms with van der Waals surface area (Å²) in [5.41, 5.74) is 1.39. The van der Waals surface area contributed by atoms with Crippen LogP contribution in [0.2, 0.25) is 0 Å². The standard InChI is InChI=1S/C17H26N2O/c1-13(19-16(20)15-10-7-11-18-15)12-17(2,3)14-8-5-4-6-9-14/h4-6,8-9,13,15,18H,7,10-12H2,1-3H3,(H,19,20). The van der Waals surface area contributed by atoms with Crippen LogP contribution in [0.3, 0.4) is 0 Å². The molecule has 2 unspecified atom stereocenters. The van der Waals surface area contributed by atoms with Gasteiger partial charge in [0.25, 0.3) is 0 Å². The van der Waals surface area contributed by atoms with Crippen LogP contribution >= 0.6 is 0 Å². The predicted octanol–water partition coefficient (Wildman–Crippen LogP) is 2.61. The van der Waals surface area contributed by atoms with Gasteiger partial charge in [0.05, 0.1) is 6.04 Å². The Kier molecular flexibility index (Phi) is 4.81. The van der Waals surface area contributed by atoms with Gasteiger partial charge in [-0.2, -0.15) is 0 Å². The van der Waals surface area contributed by atoms with Crippen LogP contribution in [0.5, 0.6) is 0 Å². The molecule has 0 spiro atoms. The van der Waals surface area contributed by atoms with Crippen molar-refractivity contribution in [1.82, 2.24) is 10.6 Å². The van der Waals surface area contributed by atoms with Crippen molar-refractivity contribution < 1.29 is 4.79 Å².